The zero-order valence-electron chi connectivity index (χ0n) is 22.2. The number of nitrogens with zero attached hydrogens (tertiary/aromatic N) is 2. The Labute approximate surface area is 234 Å². The number of methoxy groups -OCH3 is 1. The topological polar surface area (TPSA) is 78.5 Å². The van der Waals surface area contributed by atoms with Crippen LogP contribution in [0.3, 0.4) is 0 Å². The molecule has 1 aliphatic heterocycles. The lowest BCUT2D eigenvalue weighted by atomic mass is 10.1. The number of piperidine rings is 1. The van der Waals surface area contributed by atoms with E-state index in [0.29, 0.717) is 24.7 Å². The highest BCUT2D eigenvalue weighted by Crippen LogP contribution is 2.29. The van der Waals surface area contributed by atoms with Gasteiger partial charge in [-0.3, -0.25) is 14.7 Å². The minimum absolute atomic E-state index is 0.00944. The van der Waals surface area contributed by atoms with E-state index in [-0.39, 0.29) is 5.91 Å². The van der Waals surface area contributed by atoms with E-state index in [1.807, 2.05) is 48.5 Å². The van der Waals surface area contributed by atoms with Gasteiger partial charge in [-0.1, -0.05) is 30.2 Å². The zero-order valence-corrected chi connectivity index (χ0v) is 22.9. The second-order valence-corrected chi connectivity index (χ2v) is 10.3. The average Bonchev–Trinajstić information content (AvgIpc) is 2.94. The molecule has 0 spiro atoms. The van der Waals surface area contributed by atoms with Crippen molar-refractivity contribution in [1.29, 1.82) is 0 Å². The maximum atomic E-state index is 12.9. The van der Waals surface area contributed by atoms with Crippen molar-refractivity contribution in [2.24, 2.45) is 0 Å². The van der Waals surface area contributed by atoms with Gasteiger partial charge in [-0.2, -0.15) is 0 Å². The van der Waals surface area contributed by atoms with Gasteiger partial charge in [0.05, 0.1) is 19.2 Å². The number of aromatic nitrogens is 1. The number of carbonyl (C=O) groups is 1. The number of hydrogen-bond donors (Lipinski definition) is 3. The van der Waals surface area contributed by atoms with Crippen LogP contribution in [0.5, 0.6) is 5.75 Å². The van der Waals surface area contributed by atoms with Crippen LogP contribution in [0.15, 0.2) is 72.9 Å². The van der Waals surface area contributed by atoms with Gasteiger partial charge in [0.1, 0.15) is 5.75 Å². The molecule has 3 aromatic carbocycles. The molecule has 0 unspecified atom stereocenters. The Morgan fingerprint density at radius 3 is 2.49 bits per heavy atom. The number of benzene rings is 3. The molecule has 1 amide bonds. The number of hydrogen-bond acceptors (Lipinski definition) is 6. The minimum atomic E-state index is 0.00944. The molecule has 0 saturated carbocycles. The van der Waals surface area contributed by atoms with Crippen LogP contribution in [0.4, 0.5) is 17.1 Å². The molecule has 2 heterocycles. The van der Waals surface area contributed by atoms with E-state index >= 15 is 0 Å². The van der Waals surface area contributed by atoms with E-state index in [2.05, 4.69) is 44.0 Å². The molecule has 5 rings (SSSR count). The molecule has 39 heavy (non-hydrogen) atoms. The highest BCUT2D eigenvalue weighted by molar-refractivity contribution is 6.31. The number of halogens is 1. The molecule has 1 saturated heterocycles. The molecule has 3 N–H and O–H groups in total. The zero-order chi connectivity index (χ0) is 27.0. The van der Waals surface area contributed by atoms with Gasteiger partial charge in [0.15, 0.2) is 0 Å². The summed E-state index contributed by atoms with van der Waals surface area (Å²) >= 11 is 6.18. The predicted molar refractivity (Wildman–Crippen MR) is 159 cm³/mol. The molecule has 7 nitrogen and oxygen atoms in total. The number of ether oxygens (including phenoxy) is 1. The number of nitrogens with one attached hydrogen (secondary N) is 3. The molecule has 4 aromatic rings. The number of pyridine rings is 1. The predicted octanol–water partition coefficient (Wildman–Crippen LogP) is 6.35. The van der Waals surface area contributed by atoms with E-state index in [1.165, 1.54) is 12.0 Å². The Morgan fingerprint density at radius 2 is 1.69 bits per heavy atom. The van der Waals surface area contributed by atoms with Gasteiger partial charge in [0.2, 0.25) is 5.91 Å². The molecule has 8 heteroatoms. The first-order valence-corrected chi connectivity index (χ1v) is 13.7. The maximum absolute atomic E-state index is 12.9. The van der Waals surface area contributed by atoms with Crippen LogP contribution in [0.2, 0.25) is 5.02 Å². The summed E-state index contributed by atoms with van der Waals surface area (Å²) in [6.45, 7) is 3.74. The summed E-state index contributed by atoms with van der Waals surface area (Å²) < 4.78 is 5.25. The normalized spacial score (nSPS) is 13.8. The quantitative estimate of drug-likeness (QED) is 0.216. The number of carbonyl (C=O) groups excluding carboxylic acids is 1. The first-order chi connectivity index (χ1) is 19.1. The lowest BCUT2D eigenvalue weighted by molar-refractivity contribution is -0.117. The molecule has 202 valence electrons. The lowest BCUT2D eigenvalue weighted by Gasteiger charge is -2.25. The van der Waals surface area contributed by atoms with Gasteiger partial charge in [0, 0.05) is 46.8 Å². The van der Waals surface area contributed by atoms with E-state index in [0.717, 1.165) is 65.2 Å². The highest BCUT2D eigenvalue weighted by atomic mass is 35.5. The standard InChI is InChI=1S/C31H34ClN5O2/c1-39-27-8-5-22(6-9-27)19-33-20-23-15-25(35-29-11-12-34-30-17-24(32)7-10-28(29)30)18-26(16-23)36-31(38)21-37-13-3-2-4-14-37/h5-12,15-18,33H,2-4,13-14,19-21H2,1H3,(H,34,35)(H,36,38). The fourth-order valence-electron chi connectivity index (χ4n) is 4.94. The second kappa shape index (κ2) is 12.9. The number of likely N-dealkylation sites (tertiary alicyclic amines) is 1. The number of anilines is 3. The Kier molecular flexibility index (Phi) is 8.93. The first kappa shape index (κ1) is 26.9. The van der Waals surface area contributed by atoms with Crippen molar-refractivity contribution < 1.29 is 9.53 Å². The Morgan fingerprint density at radius 1 is 0.923 bits per heavy atom. The second-order valence-electron chi connectivity index (χ2n) is 9.90. The summed E-state index contributed by atoms with van der Waals surface area (Å²) in [6.07, 6.45) is 5.32. The molecular weight excluding hydrogens is 510 g/mol. The van der Waals surface area contributed by atoms with E-state index in [1.54, 1.807) is 13.3 Å². The molecule has 0 bridgehead atoms. The van der Waals surface area contributed by atoms with Crippen LogP contribution in [0, 0.1) is 0 Å². The van der Waals surface area contributed by atoms with Gasteiger partial charge in [-0.05, 0) is 91.7 Å². The van der Waals surface area contributed by atoms with Crippen molar-refractivity contribution >= 4 is 45.5 Å². The first-order valence-electron chi connectivity index (χ1n) is 13.4. The highest BCUT2D eigenvalue weighted by Gasteiger charge is 2.15. The van der Waals surface area contributed by atoms with Crippen LogP contribution in [0.25, 0.3) is 10.9 Å². The van der Waals surface area contributed by atoms with Crippen LogP contribution in [-0.2, 0) is 17.9 Å². The molecule has 0 radical (unpaired) electrons. The van der Waals surface area contributed by atoms with Gasteiger partial charge in [-0.15, -0.1) is 0 Å². The van der Waals surface area contributed by atoms with Gasteiger partial charge in [0.25, 0.3) is 0 Å². The third-order valence-electron chi connectivity index (χ3n) is 6.89. The Balaban J connectivity index is 1.34. The third-order valence-corrected chi connectivity index (χ3v) is 7.13. The Hall–Kier alpha value is -3.65. The summed E-state index contributed by atoms with van der Waals surface area (Å²) in [4.78, 5) is 19.6. The van der Waals surface area contributed by atoms with Crippen molar-refractivity contribution in [1.82, 2.24) is 15.2 Å². The summed E-state index contributed by atoms with van der Waals surface area (Å²) in [5.74, 6) is 0.851. The largest absolute Gasteiger partial charge is 0.497 e. The fourth-order valence-corrected chi connectivity index (χ4v) is 5.11. The van der Waals surface area contributed by atoms with Crippen molar-refractivity contribution in [3.63, 3.8) is 0 Å². The number of rotatable bonds is 10. The molecule has 0 aliphatic carbocycles. The smallest absolute Gasteiger partial charge is 0.238 e. The van der Waals surface area contributed by atoms with Crippen LogP contribution in [-0.4, -0.2) is 42.5 Å². The number of amides is 1. The maximum Gasteiger partial charge on any atom is 0.238 e. The summed E-state index contributed by atoms with van der Waals surface area (Å²) in [6, 6.07) is 21.8. The van der Waals surface area contributed by atoms with Gasteiger partial charge >= 0.3 is 0 Å². The van der Waals surface area contributed by atoms with Crippen molar-refractivity contribution in [2.45, 2.75) is 32.4 Å². The van der Waals surface area contributed by atoms with E-state index < -0.39 is 0 Å². The molecule has 1 aromatic heterocycles. The van der Waals surface area contributed by atoms with Gasteiger partial charge < -0.3 is 20.7 Å². The van der Waals surface area contributed by atoms with Gasteiger partial charge in [-0.25, -0.2) is 0 Å². The van der Waals surface area contributed by atoms with Crippen molar-refractivity contribution in [3.8, 4) is 5.75 Å². The molecule has 0 atom stereocenters. The molecular formula is C31H34ClN5O2. The molecule has 1 aliphatic rings. The van der Waals surface area contributed by atoms with E-state index in [4.69, 9.17) is 16.3 Å². The summed E-state index contributed by atoms with van der Waals surface area (Å²) in [5, 5.41) is 11.8. The SMILES string of the molecule is COc1ccc(CNCc2cc(NC(=O)CN3CCCCC3)cc(Nc3ccnc4cc(Cl)ccc34)c2)cc1. The van der Waals surface area contributed by atoms with Crippen LogP contribution < -0.4 is 20.7 Å². The van der Waals surface area contributed by atoms with E-state index in [9.17, 15) is 4.79 Å². The van der Waals surface area contributed by atoms with Crippen LogP contribution >= 0.6 is 11.6 Å². The van der Waals surface area contributed by atoms with Crippen molar-refractivity contribution in [2.75, 3.05) is 37.4 Å². The summed E-state index contributed by atoms with van der Waals surface area (Å²) in [7, 11) is 1.67. The lowest BCUT2D eigenvalue weighted by Crippen LogP contribution is -2.36. The summed E-state index contributed by atoms with van der Waals surface area (Å²) in [5.41, 5.74) is 5.62. The number of fused-ring (bicyclic) bond motifs is 1. The fraction of sp³-hybridized carbons (Fsp3) is 0.290. The third kappa shape index (κ3) is 7.47. The molecule has 1 fully saturated rings. The van der Waals surface area contributed by atoms with Crippen LogP contribution in [0.1, 0.15) is 30.4 Å². The Bertz CT molecular complexity index is 1420. The minimum Gasteiger partial charge on any atom is -0.497 e. The monoisotopic (exact) mass is 543 g/mol. The average molecular weight is 544 g/mol. The van der Waals surface area contributed by atoms with Crippen molar-refractivity contribution in [3.05, 3.63) is 89.1 Å².